The van der Waals surface area contributed by atoms with Crippen molar-refractivity contribution in [2.75, 3.05) is 6.61 Å². The Balaban J connectivity index is 2.98. The van der Waals surface area contributed by atoms with Crippen molar-refractivity contribution in [2.24, 2.45) is 5.92 Å². The van der Waals surface area contributed by atoms with Crippen LogP contribution < -0.4 is 4.74 Å². The molecule has 0 fully saturated rings. The van der Waals surface area contributed by atoms with Gasteiger partial charge in [-0.15, -0.1) is 0 Å². The van der Waals surface area contributed by atoms with Crippen LogP contribution >= 0.6 is 0 Å². The lowest BCUT2D eigenvalue weighted by Gasteiger charge is -2.08. The molecule has 0 saturated heterocycles. The van der Waals surface area contributed by atoms with Crippen molar-refractivity contribution in [2.45, 2.75) is 20.3 Å². The monoisotopic (exact) mass is 235 g/mol. The average molecular weight is 235 g/mol. The van der Waals surface area contributed by atoms with Crippen molar-refractivity contribution >= 4 is 5.78 Å². The molecule has 1 atom stereocenters. The first-order chi connectivity index (χ1) is 8.13. The Labute approximate surface area is 99.8 Å². The molecule has 0 spiro atoms. The predicted octanol–water partition coefficient (Wildman–Crippen LogP) is 2.96. The summed E-state index contributed by atoms with van der Waals surface area (Å²) in [6, 6.07) is 5.92. The fourth-order valence-corrected chi connectivity index (χ4v) is 1.46. The summed E-state index contributed by atoms with van der Waals surface area (Å²) in [6.07, 6.45) is 0.421. The van der Waals surface area contributed by atoms with E-state index in [1.165, 1.54) is 12.1 Å². The number of nitriles is 1. The molecule has 0 heterocycles. The van der Waals surface area contributed by atoms with Crippen LogP contribution in [0.2, 0.25) is 0 Å². The van der Waals surface area contributed by atoms with E-state index in [0.717, 1.165) is 6.07 Å². The highest BCUT2D eigenvalue weighted by Crippen LogP contribution is 2.20. The molecule has 0 radical (unpaired) electrons. The minimum Gasteiger partial charge on any atom is -0.491 e. The maximum Gasteiger partial charge on any atom is 0.180 e. The summed E-state index contributed by atoms with van der Waals surface area (Å²) in [7, 11) is 0. The van der Waals surface area contributed by atoms with Crippen LogP contribution in [0.1, 0.15) is 30.6 Å². The van der Waals surface area contributed by atoms with Crippen molar-refractivity contribution < 1.29 is 13.9 Å². The first kappa shape index (κ1) is 13.2. The summed E-state index contributed by atoms with van der Waals surface area (Å²) in [4.78, 5) is 11.8. The minimum atomic E-state index is -0.715. The highest BCUT2D eigenvalue weighted by Gasteiger charge is 2.19. The molecule has 0 aliphatic rings. The van der Waals surface area contributed by atoms with Gasteiger partial charge in [-0.05, 0) is 31.5 Å². The van der Waals surface area contributed by atoms with Gasteiger partial charge in [0.1, 0.15) is 5.92 Å². The summed E-state index contributed by atoms with van der Waals surface area (Å²) in [5.74, 6) is -1.52. The first-order valence-electron chi connectivity index (χ1n) is 5.50. The number of hydrogen-bond donors (Lipinski definition) is 0. The molecule has 0 aliphatic heterocycles. The van der Waals surface area contributed by atoms with Gasteiger partial charge in [-0.25, -0.2) is 4.39 Å². The van der Waals surface area contributed by atoms with Crippen LogP contribution in [0.3, 0.4) is 0 Å². The van der Waals surface area contributed by atoms with Crippen LogP contribution in [0.15, 0.2) is 18.2 Å². The number of ketones is 1. The molecular formula is C13H14FNO2. The SMILES string of the molecule is CCOc1ccc(C(=O)C(C#N)CC)cc1F. The largest absolute Gasteiger partial charge is 0.491 e. The lowest BCUT2D eigenvalue weighted by molar-refractivity contribution is 0.0946. The van der Waals surface area contributed by atoms with E-state index in [2.05, 4.69) is 0 Å². The molecule has 90 valence electrons. The molecule has 17 heavy (non-hydrogen) atoms. The molecule has 0 saturated carbocycles. The highest BCUT2D eigenvalue weighted by atomic mass is 19.1. The predicted molar refractivity (Wildman–Crippen MR) is 61.3 cm³/mol. The second-order valence-corrected chi connectivity index (χ2v) is 3.53. The van der Waals surface area contributed by atoms with Gasteiger partial charge in [0.2, 0.25) is 0 Å². The zero-order valence-corrected chi connectivity index (χ0v) is 9.87. The number of hydrogen-bond acceptors (Lipinski definition) is 3. The molecule has 1 aromatic rings. The quantitative estimate of drug-likeness (QED) is 0.737. The van der Waals surface area contributed by atoms with E-state index in [0.29, 0.717) is 13.0 Å². The summed E-state index contributed by atoms with van der Waals surface area (Å²) >= 11 is 0. The van der Waals surface area contributed by atoms with Crippen molar-refractivity contribution in [1.29, 1.82) is 5.26 Å². The van der Waals surface area contributed by atoms with Crippen molar-refractivity contribution in [1.82, 2.24) is 0 Å². The van der Waals surface area contributed by atoms with Gasteiger partial charge in [0.05, 0.1) is 12.7 Å². The number of rotatable bonds is 5. The van der Waals surface area contributed by atoms with E-state index in [9.17, 15) is 9.18 Å². The maximum atomic E-state index is 13.5. The zero-order valence-electron chi connectivity index (χ0n) is 9.87. The third-order valence-corrected chi connectivity index (χ3v) is 2.40. The number of carbonyl (C=O) groups is 1. The van der Waals surface area contributed by atoms with Crippen LogP contribution in [-0.2, 0) is 0 Å². The van der Waals surface area contributed by atoms with Crippen LogP contribution in [0.5, 0.6) is 5.75 Å². The number of benzene rings is 1. The van der Waals surface area contributed by atoms with E-state index in [4.69, 9.17) is 10.00 Å². The Morgan fingerprint density at radius 3 is 2.71 bits per heavy atom. The standard InChI is InChI=1S/C13H14FNO2/c1-3-9(8-15)13(16)10-5-6-12(17-4-2)11(14)7-10/h5-7,9H,3-4H2,1-2H3. The van der Waals surface area contributed by atoms with Gasteiger partial charge >= 0.3 is 0 Å². The fraction of sp³-hybridized carbons (Fsp3) is 0.385. The van der Waals surface area contributed by atoms with Gasteiger partial charge in [0.15, 0.2) is 17.3 Å². The number of nitrogens with zero attached hydrogens (tertiary/aromatic N) is 1. The van der Waals surface area contributed by atoms with Crippen LogP contribution in [0.25, 0.3) is 0 Å². The van der Waals surface area contributed by atoms with E-state index >= 15 is 0 Å². The second-order valence-electron chi connectivity index (χ2n) is 3.53. The molecule has 4 heteroatoms. The van der Waals surface area contributed by atoms with Crippen LogP contribution in [0.4, 0.5) is 4.39 Å². The molecule has 3 nitrogen and oxygen atoms in total. The third kappa shape index (κ3) is 3.04. The van der Waals surface area contributed by atoms with E-state index < -0.39 is 11.7 Å². The number of ether oxygens (including phenoxy) is 1. The van der Waals surface area contributed by atoms with Gasteiger partial charge < -0.3 is 4.74 Å². The van der Waals surface area contributed by atoms with Gasteiger partial charge in [-0.1, -0.05) is 6.92 Å². The van der Waals surface area contributed by atoms with Gasteiger partial charge in [0, 0.05) is 5.56 Å². The van der Waals surface area contributed by atoms with Gasteiger partial charge in [-0.3, -0.25) is 4.79 Å². The molecule has 0 amide bonds. The average Bonchev–Trinajstić information content (AvgIpc) is 2.33. The van der Waals surface area contributed by atoms with E-state index in [1.807, 2.05) is 6.07 Å². The molecule has 1 unspecified atom stereocenters. The Bertz CT molecular complexity index is 451. The number of Topliss-reactive ketones (excluding diaryl/α,β-unsaturated/α-hetero) is 1. The normalized spacial score (nSPS) is 11.6. The summed E-state index contributed by atoms with van der Waals surface area (Å²) in [5, 5.41) is 8.78. The lowest BCUT2D eigenvalue weighted by Crippen LogP contribution is -2.12. The van der Waals surface area contributed by atoms with Crippen LogP contribution in [0, 0.1) is 23.1 Å². The summed E-state index contributed by atoms with van der Waals surface area (Å²) in [6.45, 7) is 3.86. The van der Waals surface area contributed by atoms with E-state index in [-0.39, 0.29) is 17.1 Å². The Morgan fingerprint density at radius 1 is 1.53 bits per heavy atom. The molecule has 0 aromatic heterocycles. The molecule has 0 bridgehead atoms. The zero-order chi connectivity index (χ0) is 12.8. The molecular weight excluding hydrogens is 221 g/mol. The summed E-state index contributed by atoms with van der Waals surface area (Å²) in [5.41, 5.74) is 0.208. The highest BCUT2D eigenvalue weighted by molar-refractivity contribution is 5.99. The minimum absolute atomic E-state index is 0.119. The van der Waals surface area contributed by atoms with Crippen molar-refractivity contribution in [3.63, 3.8) is 0 Å². The first-order valence-corrected chi connectivity index (χ1v) is 5.50. The Morgan fingerprint density at radius 2 is 2.24 bits per heavy atom. The topological polar surface area (TPSA) is 50.1 Å². The Kier molecular flexibility index (Phi) is 4.65. The van der Waals surface area contributed by atoms with E-state index in [1.54, 1.807) is 13.8 Å². The smallest absolute Gasteiger partial charge is 0.180 e. The summed E-state index contributed by atoms with van der Waals surface area (Å²) < 4.78 is 18.5. The van der Waals surface area contributed by atoms with Crippen molar-refractivity contribution in [3.05, 3.63) is 29.6 Å². The molecule has 0 aliphatic carbocycles. The number of carbonyl (C=O) groups excluding carboxylic acids is 1. The molecule has 1 aromatic carbocycles. The van der Waals surface area contributed by atoms with Crippen LogP contribution in [-0.4, -0.2) is 12.4 Å². The second kappa shape index (κ2) is 6.00. The van der Waals surface area contributed by atoms with Gasteiger partial charge in [0.25, 0.3) is 0 Å². The number of halogens is 1. The fourth-order valence-electron chi connectivity index (χ4n) is 1.46. The van der Waals surface area contributed by atoms with Crippen molar-refractivity contribution in [3.8, 4) is 11.8 Å². The molecule has 1 rings (SSSR count). The Hall–Kier alpha value is -1.89. The third-order valence-electron chi connectivity index (χ3n) is 2.40. The van der Waals surface area contributed by atoms with Gasteiger partial charge in [-0.2, -0.15) is 5.26 Å². The maximum absolute atomic E-state index is 13.5. The molecule has 0 N–H and O–H groups in total. The lowest BCUT2D eigenvalue weighted by atomic mass is 9.96.